The molecule has 3 nitrogen and oxygen atoms in total. The Bertz CT molecular complexity index is 646. The Morgan fingerprint density at radius 1 is 1.04 bits per heavy atom. The number of anilines is 1. The van der Waals surface area contributed by atoms with Crippen molar-refractivity contribution in [1.82, 2.24) is 0 Å². The molecule has 2 aromatic carbocycles. The van der Waals surface area contributed by atoms with Gasteiger partial charge in [-0.2, -0.15) is 0 Å². The number of halogens is 1. The molecule has 3 rings (SSSR count). The Kier molecular flexibility index (Phi) is 5.19. The van der Waals surface area contributed by atoms with Crippen molar-refractivity contribution in [3.63, 3.8) is 0 Å². The molecule has 2 aromatic rings. The number of ether oxygens (including phenoxy) is 1. The SMILES string of the molecule is O=C(Cc1ccc(Cl)cc1)Nc1ccc(OC2CCCC2)cc1. The quantitative estimate of drug-likeness (QED) is 0.852. The van der Waals surface area contributed by atoms with Gasteiger partial charge >= 0.3 is 0 Å². The van der Waals surface area contributed by atoms with E-state index in [4.69, 9.17) is 16.3 Å². The molecule has 0 radical (unpaired) electrons. The minimum Gasteiger partial charge on any atom is -0.490 e. The Morgan fingerprint density at radius 3 is 2.35 bits per heavy atom. The standard InChI is InChI=1S/C19H20ClNO2/c20-15-7-5-14(6-8-15)13-19(22)21-16-9-11-18(12-10-16)23-17-3-1-2-4-17/h5-12,17H,1-4,13H2,(H,21,22). The lowest BCUT2D eigenvalue weighted by Gasteiger charge is -2.13. The minimum atomic E-state index is -0.0446. The largest absolute Gasteiger partial charge is 0.490 e. The molecule has 1 fully saturated rings. The molecule has 4 heteroatoms. The first-order valence-electron chi connectivity index (χ1n) is 8.00. The highest BCUT2D eigenvalue weighted by molar-refractivity contribution is 6.30. The summed E-state index contributed by atoms with van der Waals surface area (Å²) in [7, 11) is 0. The molecule has 0 bridgehead atoms. The molecule has 0 saturated heterocycles. The van der Waals surface area contributed by atoms with Crippen molar-refractivity contribution in [3.8, 4) is 5.75 Å². The molecule has 1 saturated carbocycles. The summed E-state index contributed by atoms with van der Waals surface area (Å²) >= 11 is 5.84. The van der Waals surface area contributed by atoms with Crippen molar-refractivity contribution >= 4 is 23.2 Å². The second-order valence-electron chi connectivity index (χ2n) is 5.90. The third-order valence-corrected chi connectivity index (χ3v) is 4.27. The number of amides is 1. The van der Waals surface area contributed by atoms with Gasteiger partial charge in [-0.15, -0.1) is 0 Å². The molecule has 23 heavy (non-hydrogen) atoms. The lowest BCUT2D eigenvalue weighted by molar-refractivity contribution is -0.115. The number of benzene rings is 2. The molecule has 0 unspecified atom stereocenters. The predicted molar refractivity (Wildman–Crippen MR) is 93.1 cm³/mol. The molecule has 0 aliphatic heterocycles. The highest BCUT2D eigenvalue weighted by atomic mass is 35.5. The van der Waals surface area contributed by atoms with Crippen LogP contribution in [0.2, 0.25) is 5.02 Å². The first-order chi connectivity index (χ1) is 11.2. The van der Waals surface area contributed by atoms with Crippen molar-refractivity contribution in [2.24, 2.45) is 0 Å². The first kappa shape index (κ1) is 15.9. The van der Waals surface area contributed by atoms with Crippen molar-refractivity contribution in [2.75, 3.05) is 5.32 Å². The van der Waals surface area contributed by atoms with E-state index in [1.54, 1.807) is 12.1 Å². The average molecular weight is 330 g/mol. The summed E-state index contributed by atoms with van der Waals surface area (Å²) in [6.07, 6.45) is 5.46. The van der Waals surface area contributed by atoms with Crippen LogP contribution in [0.3, 0.4) is 0 Å². The van der Waals surface area contributed by atoms with Gasteiger partial charge < -0.3 is 10.1 Å². The molecular weight excluding hydrogens is 310 g/mol. The fourth-order valence-electron chi connectivity index (χ4n) is 2.81. The summed E-state index contributed by atoms with van der Waals surface area (Å²) in [6, 6.07) is 14.9. The van der Waals surface area contributed by atoms with Crippen LogP contribution in [0.1, 0.15) is 31.2 Å². The zero-order valence-electron chi connectivity index (χ0n) is 12.9. The van der Waals surface area contributed by atoms with Gasteiger partial charge in [0, 0.05) is 10.7 Å². The summed E-state index contributed by atoms with van der Waals surface area (Å²) in [5, 5.41) is 3.57. The Morgan fingerprint density at radius 2 is 1.70 bits per heavy atom. The third kappa shape index (κ3) is 4.73. The summed E-state index contributed by atoms with van der Waals surface area (Å²) in [4.78, 5) is 12.1. The molecule has 1 amide bonds. The van der Waals surface area contributed by atoms with Gasteiger partial charge in [0.15, 0.2) is 0 Å². The molecule has 0 heterocycles. The third-order valence-electron chi connectivity index (χ3n) is 4.02. The van der Waals surface area contributed by atoms with Crippen LogP contribution in [0.25, 0.3) is 0 Å². The van der Waals surface area contributed by atoms with Gasteiger partial charge in [0.25, 0.3) is 0 Å². The number of hydrogen-bond acceptors (Lipinski definition) is 2. The second-order valence-corrected chi connectivity index (χ2v) is 6.34. The van der Waals surface area contributed by atoms with Crippen molar-refractivity contribution in [1.29, 1.82) is 0 Å². The maximum Gasteiger partial charge on any atom is 0.228 e. The zero-order valence-corrected chi connectivity index (χ0v) is 13.7. The lowest BCUT2D eigenvalue weighted by atomic mass is 10.1. The molecule has 0 spiro atoms. The van der Waals surface area contributed by atoms with Crippen LogP contribution in [0.4, 0.5) is 5.69 Å². The molecule has 0 atom stereocenters. The van der Waals surface area contributed by atoms with E-state index in [9.17, 15) is 4.79 Å². The van der Waals surface area contributed by atoms with Gasteiger partial charge in [-0.05, 0) is 67.6 Å². The van der Waals surface area contributed by atoms with Gasteiger partial charge in [-0.25, -0.2) is 0 Å². The van der Waals surface area contributed by atoms with E-state index in [0.717, 1.165) is 29.8 Å². The van der Waals surface area contributed by atoms with Crippen LogP contribution < -0.4 is 10.1 Å². The molecule has 1 aliphatic rings. The highest BCUT2D eigenvalue weighted by Crippen LogP contribution is 2.25. The van der Waals surface area contributed by atoms with Crippen LogP contribution in [-0.4, -0.2) is 12.0 Å². The molecule has 1 aliphatic carbocycles. The van der Waals surface area contributed by atoms with Gasteiger partial charge in [0.2, 0.25) is 5.91 Å². The van der Waals surface area contributed by atoms with Gasteiger partial charge in [-0.1, -0.05) is 23.7 Å². The number of carbonyl (C=O) groups is 1. The second kappa shape index (κ2) is 7.51. The van der Waals surface area contributed by atoms with E-state index < -0.39 is 0 Å². The predicted octanol–water partition coefficient (Wildman–Crippen LogP) is 4.84. The van der Waals surface area contributed by atoms with Gasteiger partial charge in [0.05, 0.1) is 12.5 Å². The Balaban J connectivity index is 1.52. The fraction of sp³-hybridized carbons (Fsp3) is 0.316. The maximum atomic E-state index is 12.1. The first-order valence-corrected chi connectivity index (χ1v) is 8.38. The smallest absolute Gasteiger partial charge is 0.228 e. The number of hydrogen-bond donors (Lipinski definition) is 1. The summed E-state index contributed by atoms with van der Waals surface area (Å²) in [5.41, 5.74) is 1.72. The Hall–Kier alpha value is -2.00. The van der Waals surface area contributed by atoms with E-state index in [1.165, 1.54) is 12.8 Å². The van der Waals surface area contributed by atoms with Crippen LogP contribution in [0.5, 0.6) is 5.75 Å². The molecule has 120 valence electrons. The van der Waals surface area contributed by atoms with E-state index in [0.29, 0.717) is 17.5 Å². The zero-order chi connectivity index (χ0) is 16.1. The normalized spacial score (nSPS) is 14.7. The maximum absolute atomic E-state index is 12.1. The minimum absolute atomic E-state index is 0.0446. The Labute approximate surface area is 141 Å². The summed E-state index contributed by atoms with van der Waals surface area (Å²) < 4.78 is 5.92. The molecule has 0 aromatic heterocycles. The number of carbonyl (C=O) groups excluding carboxylic acids is 1. The van der Waals surface area contributed by atoms with Crippen molar-refractivity contribution in [3.05, 3.63) is 59.1 Å². The van der Waals surface area contributed by atoms with Crippen LogP contribution in [0, 0.1) is 0 Å². The van der Waals surface area contributed by atoms with E-state index >= 15 is 0 Å². The number of rotatable bonds is 5. The topological polar surface area (TPSA) is 38.3 Å². The summed E-state index contributed by atoms with van der Waals surface area (Å²) in [5.74, 6) is 0.824. The van der Waals surface area contributed by atoms with Gasteiger partial charge in [-0.3, -0.25) is 4.79 Å². The highest BCUT2D eigenvalue weighted by Gasteiger charge is 2.16. The molecule has 1 N–H and O–H groups in total. The van der Waals surface area contributed by atoms with E-state index in [1.807, 2.05) is 36.4 Å². The average Bonchev–Trinajstić information content (AvgIpc) is 3.04. The van der Waals surface area contributed by atoms with E-state index in [-0.39, 0.29) is 5.91 Å². The fourth-order valence-corrected chi connectivity index (χ4v) is 2.93. The van der Waals surface area contributed by atoms with Crippen LogP contribution in [0.15, 0.2) is 48.5 Å². The van der Waals surface area contributed by atoms with Crippen LogP contribution >= 0.6 is 11.6 Å². The van der Waals surface area contributed by atoms with Gasteiger partial charge in [0.1, 0.15) is 5.75 Å². The summed E-state index contributed by atoms with van der Waals surface area (Å²) in [6.45, 7) is 0. The van der Waals surface area contributed by atoms with Crippen molar-refractivity contribution < 1.29 is 9.53 Å². The molecular formula is C19H20ClNO2. The lowest BCUT2D eigenvalue weighted by Crippen LogP contribution is -2.14. The monoisotopic (exact) mass is 329 g/mol. The van der Waals surface area contributed by atoms with E-state index in [2.05, 4.69) is 5.32 Å². The van der Waals surface area contributed by atoms with Crippen molar-refractivity contribution in [2.45, 2.75) is 38.2 Å². The number of nitrogens with one attached hydrogen (secondary N) is 1. The van der Waals surface area contributed by atoms with Crippen LogP contribution in [-0.2, 0) is 11.2 Å².